The molecule has 0 aromatic heterocycles. The van der Waals surface area contributed by atoms with Crippen LogP contribution in [0.5, 0.6) is 5.75 Å². The first kappa shape index (κ1) is 15.0. The lowest BCUT2D eigenvalue weighted by Gasteiger charge is -2.29. The van der Waals surface area contributed by atoms with Gasteiger partial charge in [0.25, 0.3) is 0 Å². The lowest BCUT2D eigenvalue weighted by molar-refractivity contribution is 0.232. The van der Waals surface area contributed by atoms with Gasteiger partial charge in [0.15, 0.2) is 5.75 Å². The minimum Gasteiger partial charge on any atom is -0.493 e. The van der Waals surface area contributed by atoms with E-state index in [2.05, 4.69) is 17.6 Å². The highest BCUT2D eigenvalue weighted by atomic mass is 35.5. The van der Waals surface area contributed by atoms with Crippen molar-refractivity contribution in [2.75, 3.05) is 12.4 Å². The number of amides is 2. The van der Waals surface area contributed by atoms with Crippen LogP contribution in [0.2, 0.25) is 5.02 Å². The van der Waals surface area contributed by atoms with Crippen LogP contribution in [0.3, 0.4) is 0 Å². The summed E-state index contributed by atoms with van der Waals surface area (Å²) in [5, 5.41) is 6.33. The van der Waals surface area contributed by atoms with E-state index in [1.165, 1.54) is 26.4 Å². The van der Waals surface area contributed by atoms with Gasteiger partial charge in [-0.25, -0.2) is 4.79 Å². The second kappa shape index (κ2) is 6.84. The highest BCUT2D eigenvalue weighted by molar-refractivity contribution is 6.32. The van der Waals surface area contributed by atoms with Crippen LogP contribution in [0.4, 0.5) is 10.5 Å². The standard InChI is InChI=1S/C15H21ClN2O2/c1-10-6-3-4-8-12(10)17-15(19)18-13-9-5-7-11(16)14(13)20-2/h5,7,9-10,12H,3-4,6,8H2,1-2H3,(H2,17,18,19). The van der Waals surface area contributed by atoms with E-state index in [9.17, 15) is 4.79 Å². The number of rotatable bonds is 3. The molecule has 2 rings (SSSR count). The van der Waals surface area contributed by atoms with Crippen LogP contribution in [0.25, 0.3) is 0 Å². The van der Waals surface area contributed by atoms with E-state index in [0.29, 0.717) is 22.4 Å². The molecule has 1 aromatic rings. The smallest absolute Gasteiger partial charge is 0.319 e. The number of methoxy groups -OCH3 is 1. The van der Waals surface area contributed by atoms with Crippen LogP contribution in [-0.4, -0.2) is 19.2 Å². The van der Waals surface area contributed by atoms with E-state index in [4.69, 9.17) is 16.3 Å². The third kappa shape index (κ3) is 3.57. The molecular weight excluding hydrogens is 276 g/mol. The average molecular weight is 297 g/mol. The van der Waals surface area contributed by atoms with Gasteiger partial charge >= 0.3 is 6.03 Å². The molecule has 1 saturated carbocycles. The van der Waals surface area contributed by atoms with Gasteiger partial charge in [0.2, 0.25) is 0 Å². The van der Waals surface area contributed by atoms with Gasteiger partial charge in [-0.05, 0) is 30.9 Å². The van der Waals surface area contributed by atoms with Crippen molar-refractivity contribution in [3.8, 4) is 5.75 Å². The fraction of sp³-hybridized carbons (Fsp3) is 0.533. The first-order valence-electron chi connectivity index (χ1n) is 7.02. The molecule has 0 heterocycles. The Kier molecular flexibility index (Phi) is 5.12. The number of hydrogen-bond acceptors (Lipinski definition) is 2. The Labute approximate surface area is 124 Å². The first-order valence-corrected chi connectivity index (χ1v) is 7.39. The molecule has 2 atom stereocenters. The maximum absolute atomic E-state index is 12.1. The Hall–Kier alpha value is -1.42. The monoisotopic (exact) mass is 296 g/mol. The molecule has 2 unspecified atom stereocenters. The van der Waals surface area contributed by atoms with Crippen molar-refractivity contribution in [3.05, 3.63) is 23.2 Å². The van der Waals surface area contributed by atoms with E-state index in [1.54, 1.807) is 18.2 Å². The number of halogens is 1. The summed E-state index contributed by atoms with van der Waals surface area (Å²) in [5.41, 5.74) is 0.584. The molecule has 20 heavy (non-hydrogen) atoms. The van der Waals surface area contributed by atoms with Gasteiger partial charge in [0.05, 0.1) is 17.8 Å². The normalized spacial score (nSPS) is 22.1. The van der Waals surface area contributed by atoms with Crippen molar-refractivity contribution in [2.45, 2.75) is 38.6 Å². The fourth-order valence-corrected chi connectivity index (χ4v) is 2.92. The van der Waals surface area contributed by atoms with Crippen LogP contribution < -0.4 is 15.4 Å². The number of carbonyl (C=O) groups is 1. The molecule has 1 fully saturated rings. The number of urea groups is 1. The molecule has 2 N–H and O–H groups in total. The van der Waals surface area contributed by atoms with Crippen LogP contribution in [0.1, 0.15) is 32.6 Å². The highest BCUT2D eigenvalue weighted by Gasteiger charge is 2.23. The Morgan fingerprint density at radius 1 is 1.35 bits per heavy atom. The van der Waals surface area contributed by atoms with Crippen LogP contribution >= 0.6 is 11.6 Å². The van der Waals surface area contributed by atoms with E-state index in [1.807, 2.05) is 0 Å². The van der Waals surface area contributed by atoms with E-state index < -0.39 is 0 Å². The maximum Gasteiger partial charge on any atom is 0.319 e. The zero-order chi connectivity index (χ0) is 14.5. The molecule has 1 aromatic carbocycles. The van der Waals surface area contributed by atoms with Gasteiger partial charge in [0, 0.05) is 6.04 Å². The second-order valence-electron chi connectivity index (χ2n) is 5.29. The zero-order valence-electron chi connectivity index (χ0n) is 11.9. The van der Waals surface area contributed by atoms with Crippen molar-refractivity contribution in [3.63, 3.8) is 0 Å². The molecule has 4 nitrogen and oxygen atoms in total. The van der Waals surface area contributed by atoms with E-state index in [-0.39, 0.29) is 12.1 Å². The van der Waals surface area contributed by atoms with E-state index in [0.717, 1.165) is 6.42 Å². The lowest BCUT2D eigenvalue weighted by atomic mass is 9.86. The number of anilines is 1. The molecule has 110 valence electrons. The SMILES string of the molecule is COc1c(Cl)cccc1NC(=O)NC1CCCCC1C. The Balaban J connectivity index is 1.99. The molecule has 0 radical (unpaired) electrons. The summed E-state index contributed by atoms with van der Waals surface area (Å²) < 4.78 is 5.21. The summed E-state index contributed by atoms with van der Waals surface area (Å²) in [5.74, 6) is 1.01. The van der Waals surface area contributed by atoms with Crippen molar-refractivity contribution >= 4 is 23.3 Å². The fourth-order valence-electron chi connectivity index (χ4n) is 2.67. The Morgan fingerprint density at radius 2 is 2.10 bits per heavy atom. The number of carbonyl (C=O) groups excluding carboxylic acids is 1. The molecular formula is C15H21ClN2O2. The minimum absolute atomic E-state index is 0.204. The topological polar surface area (TPSA) is 50.4 Å². The molecule has 5 heteroatoms. The molecule has 0 bridgehead atoms. The quantitative estimate of drug-likeness (QED) is 0.884. The lowest BCUT2D eigenvalue weighted by Crippen LogP contribution is -2.43. The van der Waals surface area contributed by atoms with Gasteiger partial charge in [-0.3, -0.25) is 0 Å². The molecule has 0 aliphatic heterocycles. The molecule has 0 saturated heterocycles. The average Bonchev–Trinajstić information content (AvgIpc) is 2.42. The van der Waals surface area contributed by atoms with Gasteiger partial charge in [0.1, 0.15) is 0 Å². The summed E-state index contributed by atoms with van der Waals surface area (Å²) in [6, 6.07) is 5.32. The summed E-state index contributed by atoms with van der Waals surface area (Å²) in [7, 11) is 1.54. The predicted octanol–water partition coefficient (Wildman–Crippen LogP) is 4.05. The Bertz CT molecular complexity index is 479. The van der Waals surface area contributed by atoms with Crippen molar-refractivity contribution in [1.82, 2.24) is 5.32 Å². The Morgan fingerprint density at radius 3 is 2.80 bits per heavy atom. The maximum atomic E-state index is 12.1. The van der Waals surface area contributed by atoms with Crippen LogP contribution in [-0.2, 0) is 0 Å². The summed E-state index contributed by atoms with van der Waals surface area (Å²) in [6.45, 7) is 2.18. The van der Waals surface area contributed by atoms with Crippen molar-refractivity contribution in [2.24, 2.45) is 5.92 Å². The summed E-state index contributed by atoms with van der Waals surface area (Å²) >= 11 is 6.03. The molecule has 1 aliphatic rings. The zero-order valence-corrected chi connectivity index (χ0v) is 12.7. The van der Waals surface area contributed by atoms with E-state index >= 15 is 0 Å². The molecule has 2 amide bonds. The van der Waals surface area contributed by atoms with Gasteiger partial charge in [-0.15, -0.1) is 0 Å². The van der Waals surface area contributed by atoms with Gasteiger partial charge in [-0.1, -0.05) is 37.4 Å². The minimum atomic E-state index is -0.204. The highest BCUT2D eigenvalue weighted by Crippen LogP contribution is 2.32. The number of hydrogen-bond donors (Lipinski definition) is 2. The number of para-hydroxylation sites is 1. The summed E-state index contributed by atoms with van der Waals surface area (Å²) in [4.78, 5) is 12.1. The third-order valence-electron chi connectivity index (χ3n) is 3.85. The van der Waals surface area contributed by atoms with Gasteiger partial charge in [-0.2, -0.15) is 0 Å². The first-order chi connectivity index (χ1) is 9.61. The van der Waals surface area contributed by atoms with Crippen molar-refractivity contribution < 1.29 is 9.53 Å². The number of ether oxygens (including phenoxy) is 1. The number of benzene rings is 1. The van der Waals surface area contributed by atoms with Crippen LogP contribution in [0, 0.1) is 5.92 Å². The molecule has 0 spiro atoms. The summed E-state index contributed by atoms with van der Waals surface area (Å²) in [6.07, 6.45) is 4.64. The largest absolute Gasteiger partial charge is 0.493 e. The van der Waals surface area contributed by atoms with Crippen molar-refractivity contribution in [1.29, 1.82) is 0 Å². The predicted molar refractivity (Wildman–Crippen MR) is 81.6 cm³/mol. The van der Waals surface area contributed by atoms with Gasteiger partial charge < -0.3 is 15.4 Å². The molecule has 1 aliphatic carbocycles. The second-order valence-corrected chi connectivity index (χ2v) is 5.69. The van der Waals surface area contributed by atoms with Crippen LogP contribution in [0.15, 0.2) is 18.2 Å². The number of nitrogens with one attached hydrogen (secondary N) is 2. The third-order valence-corrected chi connectivity index (χ3v) is 4.14.